The van der Waals surface area contributed by atoms with Crippen molar-refractivity contribution < 1.29 is 0 Å². The van der Waals surface area contributed by atoms with E-state index in [2.05, 4.69) is 11.8 Å². The van der Waals surface area contributed by atoms with Gasteiger partial charge in [0, 0.05) is 32.3 Å². The maximum atomic E-state index is 11.7. The van der Waals surface area contributed by atoms with E-state index in [-0.39, 0.29) is 11.1 Å². The van der Waals surface area contributed by atoms with Crippen molar-refractivity contribution in [2.45, 2.75) is 19.9 Å². The van der Waals surface area contributed by atoms with E-state index in [1.807, 2.05) is 6.07 Å². The van der Waals surface area contributed by atoms with Gasteiger partial charge >= 0.3 is 0 Å². The van der Waals surface area contributed by atoms with Gasteiger partial charge in [-0.25, -0.2) is 0 Å². The van der Waals surface area contributed by atoms with Crippen molar-refractivity contribution in [3.8, 4) is 6.07 Å². The van der Waals surface area contributed by atoms with Crippen LogP contribution in [0, 0.1) is 11.3 Å². The van der Waals surface area contributed by atoms with Gasteiger partial charge in [0.2, 0.25) is 0 Å². The zero-order valence-electron chi connectivity index (χ0n) is 9.66. The van der Waals surface area contributed by atoms with E-state index < -0.39 is 0 Å². The van der Waals surface area contributed by atoms with Crippen LogP contribution in [0.1, 0.15) is 23.7 Å². The fourth-order valence-corrected chi connectivity index (χ4v) is 2.24. The molecule has 0 amide bonds. The van der Waals surface area contributed by atoms with Gasteiger partial charge in [-0.2, -0.15) is 5.26 Å². The summed E-state index contributed by atoms with van der Waals surface area (Å²) in [5, 5.41) is 8.89. The number of likely N-dealkylation sites (N-methyl/N-ethyl adjacent to an activating group) is 1. The fourth-order valence-electron chi connectivity index (χ4n) is 2.24. The predicted octanol–water partition coefficient (Wildman–Crippen LogP) is 0.635. The molecule has 0 saturated heterocycles. The Labute approximate surface area is 94.7 Å². The molecule has 4 heteroatoms. The van der Waals surface area contributed by atoms with Gasteiger partial charge in [0.05, 0.1) is 0 Å². The first-order chi connectivity index (χ1) is 7.67. The van der Waals surface area contributed by atoms with E-state index >= 15 is 0 Å². The Balaban J connectivity index is 2.54. The third-order valence-electron chi connectivity index (χ3n) is 3.26. The molecular formula is C12H15N3O. The minimum atomic E-state index is -0.175. The van der Waals surface area contributed by atoms with Crippen LogP contribution in [0.5, 0.6) is 0 Å². The first-order valence-corrected chi connectivity index (χ1v) is 5.51. The molecular weight excluding hydrogens is 202 g/mol. The van der Waals surface area contributed by atoms with Gasteiger partial charge < -0.3 is 4.57 Å². The van der Waals surface area contributed by atoms with Crippen LogP contribution >= 0.6 is 0 Å². The molecule has 84 valence electrons. The van der Waals surface area contributed by atoms with Gasteiger partial charge in [-0.1, -0.05) is 6.92 Å². The monoisotopic (exact) mass is 217 g/mol. The largest absolute Gasteiger partial charge is 0.314 e. The summed E-state index contributed by atoms with van der Waals surface area (Å²) in [6.07, 6.45) is 0.890. The summed E-state index contributed by atoms with van der Waals surface area (Å²) < 4.78 is 1.63. The molecule has 1 aromatic rings. The Morgan fingerprint density at radius 3 is 2.94 bits per heavy atom. The van der Waals surface area contributed by atoms with Crippen LogP contribution in [-0.4, -0.2) is 22.6 Å². The highest BCUT2D eigenvalue weighted by Gasteiger charge is 2.19. The van der Waals surface area contributed by atoms with Gasteiger partial charge in [-0.3, -0.25) is 9.69 Å². The standard InChI is InChI=1S/C12H15N3O/c1-3-15-5-4-11-10(8-15)6-9(7-13)12(16)14(11)2/h6H,3-5,8H2,1-2H3. The van der Waals surface area contributed by atoms with Gasteiger partial charge in [0.1, 0.15) is 11.6 Å². The lowest BCUT2D eigenvalue weighted by Crippen LogP contribution is -2.35. The maximum absolute atomic E-state index is 11.7. The average Bonchev–Trinajstić information content (AvgIpc) is 2.33. The Kier molecular flexibility index (Phi) is 2.80. The van der Waals surface area contributed by atoms with Gasteiger partial charge in [-0.05, 0) is 18.2 Å². The molecule has 0 spiro atoms. The van der Waals surface area contributed by atoms with Crippen molar-refractivity contribution in [2.24, 2.45) is 7.05 Å². The lowest BCUT2D eigenvalue weighted by molar-refractivity contribution is 0.263. The molecule has 0 aromatic carbocycles. The number of rotatable bonds is 1. The fraction of sp³-hybridized carbons (Fsp3) is 0.500. The third kappa shape index (κ3) is 1.63. The second-order valence-electron chi connectivity index (χ2n) is 4.12. The van der Waals surface area contributed by atoms with Crippen molar-refractivity contribution in [1.29, 1.82) is 5.26 Å². The highest BCUT2D eigenvalue weighted by Crippen LogP contribution is 2.17. The number of hydrogen-bond acceptors (Lipinski definition) is 3. The molecule has 1 aliphatic heterocycles. The summed E-state index contributed by atoms with van der Waals surface area (Å²) in [6.45, 7) is 4.96. The summed E-state index contributed by atoms with van der Waals surface area (Å²) >= 11 is 0. The molecule has 2 heterocycles. The summed E-state index contributed by atoms with van der Waals surface area (Å²) in [4.78, 5) is 14.1. The molecule has 0 fully saturated rings. The number of fused-ring (bicyclic) bond motifs is 1. The maximum Gasteiger partial charge on any atom is 0.268 e. The van der Waals surface area contributed by atoms with Crippen LogP contribution in [0.25, 0.3) is 0 Å². The van der Waals surface area contributed by atoms with Gasteiger partial charge in [0.15, 0.2) is 0 Å². The van der Waals surface area contributed by atoms with Crippen LogP contribution in [0.15, 0.2) is 10.9 Å². The quantitative estimate of drug-likeness (QED) is 0.693. The average molecular weight is 217 g/mol. The summed E-state index contributed by atoms with van der Waals surface area (Å²) in [7, 11) is 1.75. The van der Waals surface area contributed by atoms with Crippen LogP contribution in [0.2, 0.25) is 0 Å². The molecule has 4 nitrogen and oxygen atoms in total. The number of aromatic nitrogens is 1. The molecule has 0 atom stereocenters. The topological polar surface area (TPSA) is 49.0 Å². The van der Waals surface area contributed by atoms with Crippen molar-refractivity contribution in [1.82, 2.24) is 9.47 Å². The first kappa shape index (κ1) is 10.9. The zero-order chi connectivity index (χ0) is 11.7. The molecule has 0 saturated carbocycles. The molecule has 0 bridgehead atoms. The normalized spacial score (nSPS) is 15.6. The second-order valence-corrected chi connectivity index (χ2v) is 4.12. The van der Waals surface area contributed by atoms with Crippen molar-refractivity contribution in [3.05, 3.63) is 33.2 Å². The molecule has 0 radical (unpaired) electrons. The highest BCUT2D eigenvalue weighted by molar-refractivity contribution is 5.35. The molecule has 1 aliphatic rings. The lowest BCUT2D eigenvalue weighted by Gasteiger charge is -2.28. The van der Waals surface area contributed by atoms with E-state index in [0.29, 0.717) is 0 Å². The number of hydrogen-bond donors (Lipinski definition) is 0. The van der Waals surface area contributed by atoms with Crippen LogP contribution in [-0.2, 0) is 20.0 Å². The molecule has 2 rings (SSSR count). The summed E-state index contributed by atoms with van der Waals surface area (Å²) in [6, 6.07) is 3.72. The van der Waals surface area contributed by atoms with Crippen LogP contribution < -0.4 is 5.56 Å². The number of pyridine rings is 1. The molecule has 0 aliphatic carbocycles. The minimum Gasteiger partial charge on any atom is -0.314 e. The molecule has 0 N–H and O–H groups in total. The first-order valence-electron chi connectivity index (χ1n) is 5.51. The van der Waals surface area contributed by atoms with E-state index in [9.17, 15) is 4.79 Å². The van der Waals surface area contributed by atoms with E-state index in [4.69, 9.17) is 5.26 Å². The Morgan fingerprint density at radius 2 is 2.31 bits per heavy atom. The number of nitriles is 1. The molecule has 16 heavy (non-hydrogen) atoms. The van der Waals surface area contributed by atoms with Crippen molar-refractivity contribution in [3.63, 3.8) is 0 Å². The number of nitrogens with zero attached hydrogens (tertiary/aromatic N) is 3. The highest BCUT2D eigenvalue weighted by atomic mass is 16.1. The van der Waals surface area contributed by atoms with E-state index in [0.717, 1.165) is 37.3 Å². The van der Waals surface area contributed by atoms with Crippen molar-refractivity contribution in [2.75, 3.05) is 13.1 Å². The van der Waals surface area contributed by atoms with Crippen LogP contribution in [0.3, 0.4) is 0 Å². The second kappa shape index (κ2) is 4.11. The van der Waals surface area contributed by atoms with Gasteiger partial charge in [-0.15, -0.1) is 0 Å². The smallest absolute Gasteiger partial charge is 0.268 e. The van der Waals surface area contributed by atoms with Crippen molar-refractivity contribution >= 4 is 0 Å². The van der Waals surface area contributed by atoms with E-state index in [1.165, 1.54) is 0 Å². The Bertz CT molecular complexity index is 510. The van der Waals surface area contributed by atoms with Gasteiger partial charge in [0.25, 0.3) is 5.56 Å². The summed E-state index contributed by atoms with van der Waals surface area (Å²) in [5.74, 6) is 0. The molecule has 1 aromatic heterocycles. The lowest BCUT2D eigenvalue weighted by atomic mass is 10.0. The van der Waals surface area contributed by atoms with Crippen LogP contribution in [0.4, 0.5) is 0 Å². The predicted molar refractivity (Wildman–Crippen MR) is 61.1 cm³/mol. The Morgan fingerprint density at radius 1 is 1.56 bits per heavy atom. The minimum absolute atomic E-state index is 0.175. The zero-order valence-corrected chi connectivity index (χ0v) is 9.66. The summed E-state index contributed by atoms with van der Waals surface area (Å²) in [5.41, 5.74) is 2.27. The molecule has 0 unspecified atom stereocenters. The third-order valence-corrected chi connectivity index (χ3v) is 3.26. The van der Waals surface area contributed by atoms with E-state index in [1.54, 1.807) is 17.7 Å². The SMILES string of the molecule is CCN1CCc2c(cc(C#N)c(=O)n2C)C1. The Hall–Kier alpha value is -1.60.